The summed E-state index contributed by atoms with van der Waals surface area (Å²) in [5.41, 5.74) is 0. The van der Waals surface area contributed by atoms with E-state index in [1.165, 1.54) is 6.92 Å². The van der Waals surface area contributed by atoms with Crippen molar-refractivity contribution in [2.75, 3.05) is 12.8 Å². The van der Waals surface area contributed by atoms with Gasteiger partial charge in [-0.15, -0.1) is 0 Å². The van der Waals surface area contributed by atoms with E-state index in [-0.39, 0.29) is 29.2 Å². The molecule has 0 aromatic carbocycles. The van der Waals surface area contributed by atoms with E-state index in [4.69, 9.17) is 14.7 Å². The molecule has 50 valence electrons. The zero-order valence-electron chi connectivity index (χ0n) is 4.50. The first kappa shape index (κ1) is 11.8. The van der Waals surface area contributed by atoms with Gasteiger partial charge in [-0.1, -0.05) is 0 Å². The van der Waals surface area contributed by atoms with Crippen molar-refractivity contribution in [2.45, 2.75) is 6.92 Å². The topological polar surface area (TPSA) is 60.7 Å². The van der Waals surface area contributed by atoms with Crippen LogP contribution in [0.5, 0.6) is 0 Å². The molecule has 0 aliphatic carbocycles. The second-order valence-corrected chi connectivity index (χ2v) is 5.78. The Morgan fingerprint density at radius 1 is 1.25 bits per heavy atom. The average molecular weight is 152 g/mol. The van der Waals surface area contributed by atoms with Gasteiger partial charge in [-0.25, -0.2) is 0 Å². The summed E-state index contributed by atoms with van der Waals surface area (Å²) in [6, 6.07) is 0. The minimum Gasteiger partial charge on any atom is 0.316 e. The van der Waals surface area contributed by atoms with Crippen LogP contribution >= 0.6 is 7.28 Å². The normalized spacial score (nSPS) is 15.9. The Hall–Kier alpha value is 1.08. The molecular formula is C3H13MgO3P. The number of rotatable bonds is 1. The summed E-state index contributed by atoms with van der Waals surface area (Å²) < 4.78 is 0. The molecule has 5 heteroatoms. The zero-order chi connectivity index (χ0) is 6.15. The Kier molecular flexibility index (Phi) is 4.10. The predicted molar refractivity (Wildman–Crippen MR) is 38.6 cm³/mol. The van der Waals surface area contributed by atoms with Crippen molar-refractivity contribution in [3.63, 3.8) is 0 Å². The molecule has 0 fully saturated rings. The second-order valence-electron chi connectivity index (χ2n) is 1.93. The van der Waals surface area contributed by atoms with Crippen LogP contribution in [0.25, 0.3) is 0 Å². The Labute approximate surface area is 65.1 Å². The fraction of sp³-hybridized carbons (Fsp3) is 1.00. The summed E-state index contributed by atoms with van der Waals surface area (Å²) in [5.74, 6) is 0. The average Bonchev–Trinajstić information content (AvgIpc) is 1.32. The van der Waals surface area contributed by atoms with Gasteiger partial charge in [0.2, 0.25) is 0 Å². The van der Waals surface area contributed by atoms with Gasteiger partial charge in [0.1, 0.15) is 0 Å². The molecule has 0 aliphatic heterocycles. The molecular weight excluding hydrogens is 139 g/mol. The van der Waals surface area contributed by atoms with E-state index >= 15 is 0 Å². The molecule has 0 radical (unpaired) electrons. The third-order valence-electron chi connectivity index (χ3n) is 0.740. The molecule has 0 unspecified atom stereocenters. The van der Waals surface area contributed by atoms with E-state index < -0.39 is 7.28 Å². The molecule has 0 atom stereocenters. The SMILES string of the molecule is CCP(C)(O)(O)O.[MgH2]. The van der Waals surface area contributed by atoms with Crippen molar-refractivity contribution in [1.82, 2.24) is 0 Å². The van der Waals surface area contributed by atoms with Gasteiger partial charge in [0.05, 0.1) is 0 Å². The molecule has 0 heterocycles. The smallest absolute Gasteiger partial charge is 0.316 e. The van der Waals surface area contributed by atoms with E-state index in [0.29, 0.717) is 0 Å². The van der Waals surface area contributed by atoms with Crippen LogP contribution in [0.4, 0.5) is 0 Å². The van der Waals surface area contributed by atoms with Crippen molar-refractivity contribution >= 4 is 30.3 Å². The summed E-state index contributed by atoms with van der Waals surface area (Å²) >= 11 is 0. The van der Waals surface area contributed by atoms with Gasteiger partial charge in [-0.3, -0.25) is 0 Å². The summed E-state index contributed by atoms with van der Waals surface area (Å²) in [6.07, 6.45) is 0.0333. The summed E-state index contributed by atoms with van der Waals surface area (Å²) in [4.78, 5) is 25.6. The van der Waals surface area contributed by atoms with Crippen LogP contribution in [-0.4, -0.2) is 50.6 Å². The minimum absolute atomic E-state index is 0. The molecule has 3 N–H and O–H groups in total. The number of hydrogen-bond donors (Lipinski definition) is 3. The van der Waals surface area contributed by atoms with Gasteiger partial charge in [-0.2, -0.15) is 0 Å². The molecule has 0 saturated carbocycles. The molecule has 3 nitrogen and oxygen atoms in total. The van der Waals surface area contributed by atoms with Crippen LogP contribution in [0.3, 0.4) is 0 Å². The van der Waals surface area contributed by atoms with Crippen LogP contribution in [0.2, 0.25) is 0 Å². The van der Waals surface area contributed by atoms with Crippen LogP contribution in [-0.2, 0) is 0 Å². The van der Waals surface area contributed by atoms with Crippen molar-refractivity contribution in [1.29, 1.82) is 0 Å². The maximum absolute atomic E-state index is 8.53. The first-order chi connectivity index (χ1) is 2.81. The van der Waals surface area contributed by atoms with Crippen molar-refractivity contribution in [3.05, 3.63) is 0 Å². The Balaban J connectivity index is 0. The zero-order valence-corrected chi connectivity index (χ0v) is 5.39. The molecule has 0 aromatic rings. The molecule has 0 bridgehead atoms. The number of hydrogen-bond acceptors (Lipinski definition) is 3. The van der Waals surface area contributed by atoms with Crippen molar-refractivity contribution in [2.24, 2.45) is 0 Å². The van der Waals surface area contributed by atoms with Crippen molar-refractivity contribution < 1.29 is 14.7 Å². The van der Waals surface area contributed by atoms with E-state index in [1.54, 1.807) is 0 Å². The van der Waals surface area contributed by atoms with Gasteiger partial charge in [0.25, 0.3) is 0 Å². The van der Waals surface area contributed by atoms with E-state index in [9.17, 15) is 0 Å². The largest absolute Gasteiger partial charge is 0.316 e. The first-order valence-corrected chi connectivity index (χ1v) is 4.80. The molecule has 0 aromatic heterocycles. The molecule has 0 rings (SSSR count). The van der Waals surface area contributed by atoms with E-state index in [0.717, 1.165) is 6.66 Å². The van der Waals surface area contributed by atoms with E-state index in [2.05, 4.69) is 0 Å². The fourth-order valence-electron chi connectivity index (χ4n) is 0. The van der Waals surface area contributed by atoms with Gasteiger partial charge >= 0.3 is 64.8 Å². The Morgan fingerprint density at radius 2 is 1.38 bits per heavy atom. The monoisotopic (exact) mass is 152 g/mol. The summed E-state index contributed by atoms with van der Waals surface area (Å²) in [7, 11) is -4.08. The van der Waals surface area contributed by atoms with Gasteiger partial charge < -0.3 is 0 Å². The van der Waals surface area contributed by atoms with Crippen LogP contribution in [0.15, 0.2) is 0 Å². The third kappa shape index (κ3) is 10.1. The van der Waals surface area contributed by atoms with Gasteiger partial charge in [0, 0.05) is 0 Å². The Bertz CT molecular complexity index is 67.1. The molecule has 8 heavy (non-hydrogen) atoms. The molecule has 0 aliphatic rings. The fourth-order valence-corrected chi connectivity index (χ4v) is 0. The standard InChI is InChI=1S/C3H11O3P.Mg.2H/c1-3-7(2,4,5)6;;;/h4-6H,3H2,1-2H3;;;. The van der Waals surface area contributed by atoms with Crippen LogP contribution < -0.4 is 0 Å². The summed E-state index contributed by atoms with van der Waals surface area (Å²) in [5, 5.41) is 0. The van der Waals surface area contributed by atoms with Crippen molar-refractivity contribution in [3.8, 4) is 0 Å². The van der Waals surface area contributed by atoms with E-state index in [1.807, 2.05) is 0 Å². The second kappa shape index (κ2) is 2.77. The third-order valence-corrected chi connectivity index (χ3v) is 2.22. The Morgan fingerprint density at radius 3 is 1.38 bits per heavy atom. The minimum atomic E-state index is -4.08. The first-order valence-electron chi connectivity index (χ1n) is 2.07. The summed E-state index contributed by atoms with van der Waals surface area (Å²) in [6.45, 7) is 2.59. The molecule has 0 saturated heterocycles. The maximum Gasteiger partial charge on any atom is 0.316 e. The predicted octanol–water partition coefficient (Wildman–Crippen LogP) is -1.00. The van der Waals surface area contributed by atoms with Crippen LogP contribution in [0.1, 0.15) is 6.92 Å². The van der Waals surface area contributed by atoms with Gasteiger partial charge in [0.15, 0.2) is 0 Å². The molecule has 0 spiro atoms. The quantitative estimate of drug-likeness (QED) is 0.333. The molecule has 0 amide bonds. The van der Waals surface area contributed by atoms with Gasteiger partial charge in [-0.05, 0) is 0 Å². The maximum atomic E-state index is 8.53. The van der Waals surface area contributed by atoms with Crippen LogP contribution in [0, 0.1) is 0 Å².